The zero-order valence-corrected chi connectivity index (χ0v) is 12.1. The Labute approximate surface area is 123 Å². The third-order valence-corrected chi connectivity index (χ3v) is 4.56. The van der Waals surface area contributed by atoms with Crippen LogP contribution in [-0.4, -0.2) is 34.6 Å². The minimum absolute atomic E-state index is 0.210. The molecule has 1 aromatic carbocycles. The van der Waals surface area contributed by atoms with Crippen molar-refractivity contribution in [1.82, 2.24) is 10.2 Å². The molecule has 0 bridgehead atoms. The molecule has 5 heteroatoms. The number of nitrogens with zero attached hydrogens (tertiary/aromatic N) is 1. The lowest BCUT2D eigenvalue weighted by molar-refractivity contribution is -0.142. The van der Waals surface area contributed by atoms with E-state index in [1.54, 1.807) is 0 Å². The van der Waals surface area contributed by atoms with E-state index in [0.29, 0.717) is 19.5 Å². The Bertz CT molecular complexity index is 581. The van der Waals surface area contributed by atoms with Gasteiger partial charge in [-0.25, -0.2) is 9.59 Å². The molecule has 1 aliphatic carbocycles. The number of aliphatic carboxylic acids is 1. The molecule has 2 aliphatic rings. The van der Waals surface area contributed by atoms with E-state index in [1.807, 2.05) is 24.3 Å². The van der Waals surface area contributed by atoms with Gasteiger partial charge in [-0.15, -0.1) is 0 Å². The monoisotopic (exact) mass is 288 g/mol. The molecule has 0 spiro atoms. The van der Waals surface area contributed by atoms with Gasteiger partial charge in [-0.1, -0.05) is 31.2 Å². The van der Waals surface area contributed by atoms with Crippen molar-refractivity contribution in [1.29, 1.82) is 0 Å². The van der Waals surface area contributed by atoms with Gasteiger partial charge in [0.2, 0.25) is 0 Å². The largest absolute Gasteiger partial charge is 0.480 e. The first-order valence-corrected chi connectivity index (χ1v) is 7.33. The first kappa shape index (κ1) is 13.9. The van der Waals surface area contributed by atoms with E-state index < -0.39 is 12.0 Å². The average molecular weight is 288 g/mol. The number of carbonyl (C=O) groups is 2. The number of nitrogens with one attached hydrogen (secondary N) is 1. The van der Waals surface area contributed by atoms with Crippen molar-refractivity contribution in [2.24, 2.45) is 5.41 Å². The Morgan fingerprint density at radius 3 is 2.62 bits per heavy atom. The fourth-order valence-corrected chi connectivity index (χ4v) is 2.74. The predicted molar refractivity (Wildman–Crippen MR) is 77.9 cm³/mol. The second-order valence-electron chi connectivity index (χ2n) is 6.42. The highest BCUT2D eigenvalue weighted by molar-refractivity contribution is 5.83. The smallest absolute Gasteiger partial charge is 0.326 e. The molecule has 5 nitrogen and oxygen atoms in total. The molecule has 1 saturated carbocycles. The molecule has 1 aromatic rings. The van der Waals surface area contributed by atoms with Gasteiger partial charge in [-0.3, -0.25) is 0 Å². The lowest BCUT2D eigenvalue weighted by Crippen LogP contribution is -2.52. The summed E-state index contributed by atoms with van der Waals surface area (Å²) in [4.78, 5) is 25.3. The van der Waals surface area contributed by atoms with Crippen LogP contribution in [0.2, 0.25) is 0 Å². The molecule has 2 N–H and O–H groups in total. The first-order valence-electron chi connectivity index (χ1n) is 7.33. The molecule has 0 unspecified atom stereocenters. The number of carboxylic acid groups (broad SMARTS) is 1. The lowest BCUT2D eigenvalue weighted by atomic mass is 9.94. The summed E-state index contributed by atoms with van der Waals surface area (Å²) < 4.78 is 0. The number of hydrogen-bond donors (Lipinski definition) is 2. The van der Waals surface area contributed by atoms with Crippen LogP contribution in [0, 0.1) is 5.41 Å². The first-order chi connectivity index (χ1) is 9.98. The van der Waals surface area contributed by atoms with Gasteiger partial charge in [0, 0.05) is 19.5 Å². The summed E-state index contributed by atoms with van der Waals surface area (Å²) in [6.45, 7) is 3.11. The molecule has 1 fully saturated rings. The van der Waals surface area contributed by atoms with Crippen molar-refractivity contribution in [2.75, 3.05) is 6.54 Å². The summed E-state index contributed by atoms with van der Waals surface area (Å²) in [6.07, 6.45) is 2.62. The maximum absolute atomic E-state index is 12.3. The minimum Gasteiger partial charge on any atom is -0.480 e. The van der Waals surface area contributed by atoms with Crippen LogP contribution < -0.4 is 5.32 Å². The molecule has 1 atom stereocenters. The molecule has 0 radical (unpaired) electrons. The molecule has 3 rings (SSSR count). The van der Waals surface area contributed by atoms with E-state index in [2.05, 4.69) is 12.2 Å². The standard InChI is InChI=1S/C16H20N2O3/c1-16(6-7-16)10-17-15(21)18-9-12-5-3-2-4-11(12)8-13(18)14(19)20/h2-5,13H,6-10H2,1H3,(H,17,21)(H,19,20)/t13-/m1/s1. The fourth-order valence-electron chi connectivity index (χ4n) is 2.74. The van der Waals surface area contributed by atoms with E-state index in [-0.39, 0.29) is 11.4 Å². The van der Waals surface area contributed by atoms with Crippen LogP contribution in [0.25, 0.3) is 0 Å². The summed E-state index contributed by atoms with van der Waals surface area (Å²) in [5.41, 5.74) is 2.26. The van der Waals surface area contributed by atoms with Crippen molar-refractivity contribution in [3.8, 4) is 0 Å². The highest BCUT2D eigenvalue weighted by atomic mass is 16.4. The minimum atomic E-state index is -0.947. The van der Waals surface area contributed by atoms with Gasteiger partial charge in [0.05, 0.1) is 0 Å². The van der Waals surface area contributed by atoms with Crippen molar-refractivity contribution >= 4 is 12.0 Å². The van der Waals surface area contributed by atoms with Gasteiger partial charge in [0.1, 0.15) is 6.04 Å². The number of rotatable bonds is 3. The SMILES string of the molecule is CC1(CNC(=O)N2Cc3ccccc3C[C@@H]2C(=O)O)CC1. The Balaban J connectivity index is 1.75. The molecule has 1 heterocycles. The molecule has 1 aliphatic heterocycles. The van der Waals surface area contributed by atoms with Crippen molar-refractivity contribution in [3.05, 3.63) is 35.4 Å². The zero-order chi connectivity index (χ0) is 15.0. The number of benzene rings is 1. The van der Waals surface area contributed by atoms with Gasteiger partial charge < -0.3 is 15.3 Å². The second kappa shape index (κ2) is 5.06. The van der Waals surface area contributed by atoms with E-state index in [4.69, 9.17) is 0 Å². The van der Waals surface area contributed by atoms with Crippen LogP contribution >= 0.6 is 0 Å². The zero-order valence-electron chi connectivity index (χ0n) is 12.1. The summed E-state index contributed by atoms with van der Waals surface area (Å²) in [5.74, 6) is -0.947. The van der Waals surface area contributed by atoms with E-state index >= 15 is 0 Å². The molecule has 0 aromatic heterocycles. The topological polar surface area (TPSA) is 69.6 Å². The summed E-state index contributed by atoms with van der Waals surface area (Å²) in [5, 5.41) is 12.3. The highest BCUT2D eigenvalue weighted by Gasteiger charge is 2.39. The molecule has 0 saturated heterocycles. The van der Waals surface area contributed by atoms with E-state index in [1.165, 1.54) is 4.90 Å². The second-order valence-corrected chi connectivity index (χ2v) is 6.42. The van der Waals surface area contributed by atoms with Gasteiger partial charge >= 0.3 is 12.0 Å². The van der Waals surface area contributed by atoms with Crippen LogP contribution in [0.1, 0.15) is 30.9 Å². The predicted octanol–water partition coefficient (Wildman–Crippen LogP) is 2.01. The van der Waals surface area contributed by atoms with Gasteiger partial charge in [-0.2, -0.15) is 0 Å². The number of urea groups is 1. The summed E-state index contributed by atoms with van der Waals surface area (Å²) in [7, 11) is 0. The van der Waals surface area contributed by atoms with E-state index in [0.717, 1.165) is 24.0 Å². The fraction of sp³-hybridized carbons (Fsp3) is 0.500. The number of fused-ring (bicyclic) bond motifs is 1. The van der Waals surface area contributed by atoms with Crippen LogP contribution in [0.3, 0.4) is 0 Å². The number of hydrogen-bond acceptors (Lipinski definition) is 2. The summed E-state index contributed by atoms with van der Waals surface area (Å²) in [6, 6.07) is 6.65. The normalized spacial score (nSPS) is 22.3. The van der Waals surface area contributed by atoms with Crippen LogP contribution in [0.4, 0.5) is 4.79 Å². The average Bonchev–Trinajstić information content (AvgIpc) is 3.21. The van der Waals surface area contributed by atoms with Gasteiger partial charge in [0.15, 0.2) is 0 Å². The Morgan fingerprint density at radius 1 is 1.33 bits per heavy atom. The van der Waals surface area contributed by atoms with Crippen molar-refractivity contribution in [2.45, 2.75) is 38.8 Å². The van der Waals surface area contributed by atoms with Crippen LogP contribution in [0.5, 0.6) is 0 Å². The quantitative estimate of drug-likeness (QED) is 0.894. The Kier molecular flexibility index (Phi) is 3.35. The third-order valence-electron chi connectivity index (χ3n) is 4.56. The van der Waals surface area contributed by atoms with Crippen molar-refractivity contribution < 1.29 is 14.7 Å². The molecular formula is C16H20N2O3. The molecule has 21 heavy (non-hydrogen) atoms. The number of amides is 2. The van der Waals surface area contributed by atoms with Crippen LogP contribution in [-0.2, 0) is 17.8 Å². The Hall–Kier alpha value is -2.04. The summed E-state index contributed by atoms with van der Waals surface area (Å²) >= 11 is 0. The maximum Gasteiger partial charge on any atom is 0.326 e. The van der Waals surface area contributed by atoms with E-state index in [9.17, 15) is 14.7 Å². The Morgan fingerprint density at radius 2 is 2.00 bits per heavy atom. The highest BCUT2D eigenvalue weighted by Crippen LogP contribution is 2.44. The molecule has 112 valence electrons. The number of carboxylic acids is 1. The molecule has 2 amide bonds. The van der Waals surface area contributed by atoms with Gasteiger partial charge in [0.25, 0.3) is 0 Å². The van der Waals surface area contributed by atoms with Gasteiger partial charge in [-0.05, 0) is 29.4 Å². The number of carbonyl (C=O) groups excluding carboxylic acids is 1. The molecular weight excluding hydrogens is 268 g/mol. The van der Waals surface area contributed by atoms with Crippen molar-refractivity contribution in [3.63, 3.8) is 0 Å². The van der Waals surface area contributed by atoms with Crippen LogP contribution in [0.15, 0.2) is 24.3 Å². The lowest BCUT2D eigenvalue weighted by Gasteiger charge is -2.34. The maximum atomic E-state index is 12.3. The third kappa shape index (κ3) is 2.86.